The number of hydrogen-bond acceptors (Lipinski definition) is 3. The lowest BCUT2D eigenvalue weighted by Crippen LogP contribution is -2.69. The van der Waals surface area contributed by atoms with Gasteiger partial charge in [-0.3, -0.25) is 0 Å². The molecule has 6 rings (SSSR count). The van der Waals surface area contributed by atoms with E-state index in [-0.39, 0.29) is 16.9 Å². The SMILES string of the molecule is CC(C)C/C=C/[C@@H](C)[C@H]1CC[C@@H]2[C@]1(C)CC=C1[C@]23C=C[C@]2(C[C@@H](O)CC[C@]12C)OO3. The molecule has 1 saturated heterocycles. The molecular formula is C27H40O3. The summed E-state index contributed by atoms with van der Waals surface area (Å²) in [6.07, 6.45) is 18.9. The fourth-order valence-corrected chi connectivity index (χ4v) is 8.00. The third-order valence-corrected chi connectivity index (χ3v) is 9.75. The number of fused-ring (bicyclic) bond motifs is 2. The van der Waals surface area contributed by atoms with Crippen LogP contribution in [0.1, 0.15) is 79.6 Å². The average molecular weight is 413 g/mol. The summed E-state index contributed by atoms with van der Waals surface area (Å²) < 4.78 is 0. The van der Waals surface area contributed by atoms with Crippen molar-refractivity contribution >= 4 is 0 Å². The van der Waals surface area contributed by atoms with Gasteiger partial charge in [0.1, 0.15) is 11.2 Å². The molecule has 0 amide bonds. The van der Waals surface area contributed by atoms with Crippen molar-refractivity contribution in [1.82, 2.24) is 0 Å². The molecule has 1 N–H and O–H groups in total. The highest BCUT2D eigenvalue weighted by Gasteiger charge is 2.71. The van der Waals surface area contributed by atoms with Gasteiger partial charge in [0, 0.05) is 17.8 Å². The van der Waals surface area contributed by atoms with Gasteiger partial charge >= 0.3 is 0 Å². The quantitative estimate of drug-likeness (QED) is 0.445. The van der Waals surface area contributed by atoms with Crippen LogP contribution in [0.3, 0.4) is 0 Å². The van der Waals surface area contributed by atoms with Crippen LogP contribution in [0.2, 0.25) is 0 Å². The lowest BCUT2D eigenvalue weighted by Gasteiger charge is -2.66. The Hall–Kier alpha value is -0.900. The molecule has 2 bridgehead atoms. The Morgan fingerprint density at radius 3 is 2.63 bits per heavy atom. The van der Waals surface area contributed by atoms with Gasteiger partial charge in [-0.2, -0.15) is 0 Å². The van der Waals surface area contributed by atoms with Crippen LogP contribution in [0.15, 0.2) is 36.0 Å². The minimum Gasteiger partial charge on any atom is -0.393 e. The second-order valence-corrected chi connectivity index (χ2v) is 11.9. The van der Waals surface area contributed by atoms with Crippen molar-refractivity contribution in [2.45, 2.75) is 96.9 Å². The Kier molecular flexibility index (Phi) is 4.75. The summed E-state index contributed by atoms with van der Waals surface area (Å²) in [7, 11) is 0. The second-order valence-electron chi connectivity index (χ2n) is 11.9. The van der Waals surface area contributed by atoms with Crippen LogP contribution < -0.4 is 0 Å². The first-order chi connectivity index (χ1) is 14.2. The van der Waals surface area contributed by atoms with Crippen molar-refractivity contribution in [1.29, 1.82) is 0 Å². The zero-order valence-electron chi connectivity index (χ0n) is 19.5. The summed E-state index contributed by atoms with van der Waals surface area (Å²) in [6, 6.07) is 0. The molecule has 2 heterocycles. The fraction of sp³-hybridized carbons (Fsp3) is 0.778. The third-order valence-electron chi connectivity index (χ3n) is 9.75. The smallest absolute Gasteiger partial charge is 0.147 e. The summed E-state index contributed by atoms with van der Waals surface area (Å²) in [4.78, 5) is 12.6. The largest absolute Gasteiger partial charge is 0.393 e. The highest BCUT2D eigenvalue weighted by Crippen LogP contribution is 2.71. The maximum Gasteiger partial charge on any atom is 0.147 e. The Labute approximate surface area is 182 Å². The van der Waals surface area contributed by atoms with E-state index in [1.54, 1.807) is 0 Å². The van der Waals surface area contributed by atoms with Crippen LogP contribution in [-0.4, -0.2) is 22.4 Å². The van der Waals surface area contributed by atoms with E-state index in [0.29, 0.717) is 24.2 Å². The fourth-order valence-electron chi connectivity index (χ4n) is 8.00. The van der Waals surface area contributed by atoms with Crippen LogP contribution >= 0.6 is 0 Å². The molecule has 30 heavy (non-hydrogen) atoms. The lowest BCUT2D eigenvalue weighted by molar-refractivity contribution is -0.455. The van der Waals surface area contributed by atoms with Gasteiger partial charge in [-0.15, -0.1) is 0 Å². The van der Waals surface area contributed by atoms with E-state index in [0.717, 1.165) is 31.6 Å². The van der Waals surface area contributed by atoms with Gasteiger partial charge in [-0.1, -0.05) is 52.8 Å². The molecule has 0 aromatic rings. The Balaban J connectivity index is 1.49. The van der Waals surface area contributed by atoms with Crippen molar-refractivity contribution < 1.29 is 14.9 Å². The summed E-state index contributed by atoms with van der Waals surface area (Å²) >= 11 is 0. The second kappa shape index (κ2) is 6.80. The average Bonchev–Trinajstić information content (AvgIpc) is 3.05. The zero-order valence-corrected chi connectivity index (χ0v) is 19.5. The first-order valence-electron chi connectivity index (χ1n) is 12.3. The van der Waals surface area contributed by atoms with Crippen LogP contribution in [0, 0.1) is 34.5 Å². The zero-order chi connectivity index (χ0) is 21.4. The Bertz CT molecular complexity index is 796. The first kappa shape index (κ1) is 21.0. The molecule has 0 unspecified atom stereocenters. The molecule has 6 aliphatic rings. The van der Waals surface area contributed by atoms with Crippen LogP contribution in [0.25, 0.3) is 0 Å². The van der Waals surface area contributed by atoms with Crippen LogP contribution in [-0.2, 0) is 9.78 Å². The monoisotopic (exact) mass is 412 g/mol. The highest BCUT2D eigenvalue weighted by molar-refractivity contribution is 5.48. The molecule has 166 valence electrons. The number of aliphatic hydroxyl groups excluding tert-OH is 1. The summed E-state index contributed by atoms with van der Waals surface area (Å²) in [6.45, 7) is 11.9. The van der Waals surface area contributed by atoms with Gasteiger partial charge in [0.2, 0.25) is 0 Å². The molecule has 0 aromatic carbocycles. The van der Waals surface area contributed by atoms with Gasteiger partial charge in [-0.25, -0.2) is 9.78 Å². The molecule has 8 atom stereocenters. The standard InChI is InChI=1S/C27H40O3/c1-18(2)7-6-8-19(3)21-9-10-22-24(21,4)13-12-23-25(5)14-11-20(28)17-26(25)15-16-27(22,23)30-29-26/h6,8,12,15-16,18-22,28H,7,9-11,13-14,17H2,1-5H3/b8-6+/t19-,20+,21-,22-,24-,25-,26-,27+/m1/s1. The van der Waals surface area contributed by atoms with E-state index >= 15 is 0 Å². The van der Waals surface area contributed by atoms with Crippen molar-refractivity contribution in [2.24, 2.45) is 34.5 Å². The molecule has 2 aliphatic heterocycles. The maximum atomic E-state index is 10.4. The summed E-state index contributed by atoms with van der Waals surface area (Å²) in [5, 5.41) is 10.4. The van der Waals surface area contributed by atoms with E-state index < -0.39 is 11.2 Å². The predicted molar refractivity (Wildman–Crippen MR) is 120 cm³/mol. The number of rotatable bonds is 4. The third kappa shape index (κ3) is 2.61. The molecule has 4 aliphatic carbocycles. The highest BCUT2D eigenvalue weighted by atomic mass is 17.2. The number of aliphatic hydroxyl groups is 1. The van der Waals surface area contributed by atoms with Gasteiger partial charge in [0.15, 0.2) is 0 Å². The van der Waals surface area contributed by atoms with Crippen molar-refractivity contribution in [3.05, 3.63) is 36.0 Å². The lowest BCUT2D eigenvalue weighted by atomic mass is 9.47. The predicted octanol–water partition coefficient (Wildman–Crippen LogP) is 6.15. The minimum absolute atomic E-state index is 0.0680. The van der Waals surface area contributed by atoms with Gasteiger partial charge in [0.25, 0.3) is 0 Å². The van der Waals surface area contributed by atoms with Gasteiger partial charge < -0.3 is 5.11 Å². The first-order valence-corrected chi connectivity index (χ1v) is 12.3. The molecule has 0 radical (unpaired) electrons. The molecule has 2 saturated carbocycles. The van der Waals surface area contributed by atoms with E-state index in [9.17, 15) is 5.11 Å². The molecular weight excluding hydrogens is 372 g/mol. The molecule has 0 aromatic heterocycles. The molecule has 3 fully saturated rings. The van der Waals surface area contributed by atoms with E-state index in [2.05, 4.69) is 65.0 Å². The normalized spacial score (nSPS) is 50.4. The summed E-state index contributed by atoms with van der Waals surface area (Å²) in [5.41, 5.74) is 0.683. The summed E-state index contributed by atoms with van der Waals surface area (Å²) in [5.74, 6) is 2.43. The van der Waals surface area contributed by atoms with E-state index in [1.807, 2.05) is 0 Å². The Morgan fingerprint density at radius 2 is 1.93 bits per heavy atom. The molecule has 3 nitrogen and oxygen atoms in total. The number of allylic oxidation sites excluding steroid dienone is 3. The topological polar surface area (TPSA) is 38.7 Å². The van der Waals surface area contributed by atoms with Gasteiger partial charge in [-0.05, 0) is 79.4 Å². The number of hydrogen-bond donors (Lipinski definition) is 1. The maximum absolute atomic E-state index is 10.4. The van der Waals surface area contributed by atoms with Crippen LogP contribution in [0.5, 0.6) is 0 Å². The van der Waals surface area contributed by atoms with Crippen molar-refractivity contribution in [3.63, 3.8) is 0 Å². The van der Waals surface area contributed by atoms with Gasteiger partial charge in [0.05, 0.1) is 6.10 Å². The Morgan fingerprint density at radius 1 is 1.13 bits per heavy atom. The van der Waals surface area contributed by atoms with E-state index in [4.69, 9.17) is 9.78 Å². The molecule has 3 heteroatoms. The van der Waals surface area contributed by atoms with Crippen LogP contribution in [0.4, 0.5) is 0 Å². The van der Waals surface area contributed by atoms with E-state index in [1.165, 1.54) is 18.4 Å². The minimum atomic E-state index is -0.503. The van der Waals surface area contributed by atoms with Crippen molar-refractivity contribution in [2.75, 3.05) is 0 Å². The van der Waals surface area contributed by atoms with Crippen molar-refractivity contribution in [3.8, 4) is 0 Å². The molecule has 2 spiro atoms.